The number of hydrogen-bond donors (Lipinski definition) is 1. The first-order chi connectivity index (χ1) is 21.7. The van der Waals surface area contributed by atoms with Crippen molar-refractivity contribution in [3.05, 3.63) is 98.0 Å². The highest BCUT2D eigenvalue weighted by molar-refractivity contribution is 6.42. The molecule has 236 valence electrons. The van der Waals surface area contributed by atoms with Gasteiger partial charge >= 0.3 is 0 Å². The number of amides is 2. The Morgan fingerprint density at radius 1 is 0.978 bits per heavy atom. The van der Waals surface area contributed by atoms with E-state index in [2.05, 4.69) is 5.32 Å². The molecule has 2 heterocycles. The van der Waals surface area contributed by atoms with Crippen LogP contribution in [0.2, 0.25) is 15.1 Å². The molecule has 2 amide bonds. The van der Waals surface area contributed by atoms with E-state index in [1.54, 1.807) is 19.1 Å². The molecule has 2 fully saturated rings. The molecule has 0 aromatic heterocycles. The molecule has 2 aliphatic heterocycles. The van der Waals surface area contributed by atoms with Crippen LogP contribution < -0.4 is 14.8 Å². The van der Waals surface area contributed by atoms with Crippen molar-refractivity contribution in [1.29, 1.82) is 0 Å². The highest BCUT2D eigenvalue weighted by Gasteiger charge is 2.43. The molecule has 0 radical (unpaired) electrons. The lowest BCUT2D eigenvalue weighted by atomic mass is 9.82. The molecule has 2 bridgehead atoms. The molecule has 1 unspecified atom stereocenters. The van der Waals surface area contributed by atoms with Gasteiger partial charge in [-0.2, -0.15) is 0 Å². The lowest BCUT2D eigenvalue weighted by molar-refractivity contribution is -0.132. The SMILES string of the molecule is CC(=O)N1CC2CC(c3ccc(OCCOc4ccc(Cl)cc4C)cc3)=C(C(=O)N(Cc3cccc(Cl)c3Cl)C3CC3)[C@@H](C1)N2. The molecule has 1 N–H and O–H groups in total. The van der Waals surface area contributed by atoms with E-state index in [-0.39, 0.29) is 29.9 Å². The third kappa shape index (κ3) is 7.28. The van der Waals surface area contributed by atoms with Crippen molar-refractivity contribution < 1.29 is 19.1 Å². The summed E-state index contributed by atoms with van der Waals surface area (Å²) >= 11 is 18.9. The predicted molar refractivity (Wildman–Crippen MR) is 178 cm³/mol. The molecule has 2 atom stereocenters. The van der Waals surface area contributed by atoms with Crippen LogP contribution in [0, 0.1) is 6.92 Å². The summed E-state index contributed by atoms with van der Waals surface area (Å²) in [6, 6.07) is 18.9. The van der Waals surface area contributed by atoms with Gasteiger partial charge in [-0.3, -0.25) is 9.59 Å². The molecule has 45 heavy (non-hydrogen) atoms. The average Bonchev–Trinajstić information content (AvgIpc) is 3.86. The van der Waals surface area contributed by atoms with Gasteiger partial charge < -0.3 is 24.6 Å². The first kappa shape index (κ1) is 31.7. The average molecular weight is 669 g/mol. The number of rotatable bonds is 10. The van der Waals surface area contributed by atoms with Crippen molar-refractivity contribution >= 4 is 52.2 Å². The monoisotopic (exact) mass is 667 g/mol. The number of carbonyl (C=O) groups is 2. The van der Waals surface area contributed by atoms with Gasteiger partial charge in [-0.05, 0) is 84.8 Å². The molecule has 3 aliphatic rings. The normalized spacial score (nSPS) is 19.4. The van der Waals surface area contributed by atoms with Gasteiger partial charge in [-0.1, -0.05) is 59.1 Å². The van der Waals surface area contributed by atoms with Crippen molar-refractivity contribution in [2.75, 3.05) is 26.3 Å². The summed E-state index contributed by atoms with van der Waals surface area (Å²) in [7, 11) is 0. The molecule has 6 rings (SSSR count). The largest absolute Gasteiger partial charge is 0.490 e. The van der Waals surface area contributed by atoms with Crippen LogP contribution in [0.25, 0.3) is 5.57 Å². The van der Waals surface area contributed by atoms with Crippen LogP contribution in [0.3, 0.4) is 0 Å². The Kier molecular flexibility index (Phi) is 9.62. The van der Waals surface area contributed by atoms with E-state index >= 15 is 0 Å². The summed E-state index contributed by atoms with van der Waals surface area (Å²) in [5, 5.41) is 5.26. The summed E-state index contributed by atoms with van der Waals surface area (Å²) in [6.07, 6.45) is 2.52. The summed E-state index contributed by atoms with van der Waals surface area (Å²) in [5.41, 5.74) is 4.48. The van der Waals surface area contributed by atoms with Crippen LogP contribution in [0.5, 0.6) is 11.5 Å². The number of nitrogens with zero attached hydrogens (tertiary/aromatic N) is 2. The Hall–Kier alpha value is -3.23. The Morgan fingerprint density at radius 3 is 2.44 bits per heavy atom. The fraction of sp³-hybridized carbons (Fsp3) is 0.371. The number of carbonyl (C=O) groups excluding carboxylic acids is 2. The highest BCUT2D eigenvalue weighted by atomic mass is 35.5. The van der Waals surface area contributed by atoms with E-state index in [4.69, 9.17) is 44.3 Å². The zero-order valence-corrected chi connectivity index (χ0v) is 27.6. The molecule has 7 nitrogen and oxygen atoms in total. The second-order valence-electron chi connectivity index (χ2n) is 11.9. The Labute approximate surface area is 279 Å². The second-order valence-corrected chi connectivity index (χ2v) is 13.2. The van der Waals surface area contributed by atoms with E-state index in [9.17, 15) is 9.59 Å². The van der Waals surface area contributed by atoms with Crippen molar-refractivity contribution in [1.82, 2.24) is 15.1 Å². The molecule has 1 aliphatic carbocycles. The van der Waals surface area contributed by atoms with E-state index < -0.39 is 0 Å². The van der Waals surface area contributed by atoms with Crippen molar-refractivity contribution in [3.63, 3.8) is 0 Å². The van der Waals surface area contributed by atoms with Crippen LogP contribution >= 0.6 is 34.8 Å². The van der Waals surface area contributed by atoms with Gasteiger partial charge in [0.15, 0.2) is 0 Å². The Balaban J connectivity index is 1.24. The standard InChI is InChI=1S/C35H36Cl3N3O4/c1-21-16-25(36)8-13-32(21)45-15-14-44-28-11-6-23(7-12-28)29-17-26-19-40(22(2)42)20-31(39-26)33(29)35(43)41(27-9-10-27)18-24-4-3-5-30(37)34(24)38/h3-8,11-13,16,26-27,31,39H,9-10,14-15,17-20H2,1-2H3/t26?,31-/m1/s1. The molecular weight excluding hydrogens is 633 g/mol. The quantitative estimate of drug-likeness (QED) is 0.237. The smallest absolute Gasteiger partial charge is 0.252 e. The summed E-state index contributed by atoms with van der Waals surface area (Å²) in [5.74, 6) is 1.49. The summed E-state index contributed by atoms with van der Waals surface area (Å²) in [6.45, 7) is 5.74. The number of fused-ring (bicyclic) bond motifs is 2. The maximum absolute atomic E-state index is 14.5. The van der Waals surface area contributed by atoms with E-state index in [1.165, 1.54) is 0 Å². The molecule has 10 heteroatoms. The molecule has 3 aromatic carbocycles. The second kappa shape index (κ2) is 13.6. The third-order valence-corrected chi connectivity index (χ3v) is 9.74. The number of nitrogens with one attached hydrogen (secondary N) is 1. The van der Waals surface area contributed by atoms with Gasteiger partial charge in [0.2, 0.25) is 5.91 Å². The first-order valence-electron chi connectivity index (χ1n) is 15.3. The van der Waals surface area contributed by atoms with Gasteiger partial charge in [0.25, 0.3) is 5.91 Å². The summed E-state index contributed by atoms with van der Waals surface area (Å²) in [4.78, 5) is 30.7. The number of halogens is 3. The van der Waals surface area contributed by atoms with Gasteiger partial charge in [0.1, 0.15) is 24.7 Å². The number of benzene rings is 3. The summed E-state index contributed by atoms with van der Waals surface area (Å²) < 4.78 is 11.8. The van der Waals surface area contributed by atoms with Crippen LogP contribution in [-0.4, -0.2) is 66.0 Å². The minimum absolute atomic E-state index is 0.0169. The molecule has 0 spiro atoms. The van der Waals surface area contributed by atoms with Crippen LogP contribution in [0.15, 0.2) is 66.2 Å². The first-order valence-corrected chi connectivity index (χ1v) is 16.4. The Morgan fingerprint density at radius 2 is 1.73 bits per heavy atom. The van der Waals surface area contributed by atoms with Gasteiger partial charge in [-0.25, -0.2) is 0 Å². The number of aryl methyl sites for hydroxylation is 1. The number of ether oxygens (including phenoxy) is 2. The third-order valence-electron chi connectivity index (χ3n) is 8.65. The zero-order valence-electron chi connectivity index (χ0n) is 25.3. The van der Waals surface area contributed by atoms with Crippen molar-refractivity contribution in [2.24, 2.45) is 0 Å². The van der Waals surface area contributed by atoms with Gasteiger partial charge in [0.05, 0.1) is 16.1 Å². The van der Waals surface area contributed by atoms with E-state index in [0.29, 0.717) is 59.9 Å². The van der Waals surface area contributed by atoms with E-state index in [1.807, 2.05) is 65.3 Å². The van der Waals surface area contributed by atoms with E-state index in [0.717, 1.165) is 46.6 Å². The number of hydrogen-bond acceptors (Lipinski definition) is 5. The Bertz CT molecular complexity index is 1620. The maximum Gasteiger partial charge on any atom is 0.252 e. The van der Waals surface area contributed by atoms with Crippen LogP contribution in [-0.2, 0) is 16.1 Å². The zero-order chi connectivity index (χ0) is 31.7. The lowest BCUT2D eigenvalue weighted by Crippen LogP contribution is -2.61. The fourth-order valence-corrected chi connectivity index (χ4v) is 6.83. The molecule has 3 aromatic rings. The van der Waals surface area contributed by atoms with Crippen molar-refractivity contribution in [2.45, 2.75) is 57.8 Å². The highest BCUT2D eigenvalue weighted by Crippen LogP contribution is 2.38. The molecule has 1 saturated carbocycles. The van der Waals surface area contributed by atoms with Crippen LogP contribution in [0.1, 0.15) is 42.9 Å². The van der Waals surface area contributed by atoms with Crippen molar-refractivity contribution in [3.8, 4) is 11.5 Å². The maximum atomic E-state index is 14.5. The van der Waals surface area contributed by atoms with Crippen LogP contribution in [0.4, 0.5) is 0 Å². The minimum atomic E-state index is -0.274. The topological polar surface area (TPSA) is 71.1 Å². The van der Waals surface area contributed by atoms with Gasteiger partial charge in [-0.15, -0.1) is 0 Å². The molecular formula is C35H36Cl3N3O4. The minimum Gasteiger partial charge on any atom is -0.490 e. The molecule has 1 saturated heterocycles. The number of piperazine rings is 1. The van der Waals surface area contributed by atoms with Gasteiger partial charge in [0, 0.05) is 49.2 Å². The lowest BCUT2D eigenvalue weighted by Gasteiger charge is -2.44. The fourth-order valence-electron chi connectivity index (χ4n) is 6.22. The predicted octanol–water partition coefficient (Wildman–Crippen LogP) is 6.95.